The summed E-state index contributed by atoms with van der Waals surface area (Å²) in [5.74, 6) is 0.386. The molecule has 1 aliphatic heterocycles. The van der Waals surface area contributed by atoms with E-state index >= 15 is 0 Å². The van der Waals surface area contributed by atoms with E-state index in [0.29, 0.717) is 12.0 Å². The number of carbonyl (C=O) groups is 1. The Labute approximate surface area is 98.0 Å². The second-order valence-corrected chi connectivity index (χ2v) is 4.58. The molecule has 1 saturated heterocycles. The van der Waals surface area contributed by atoms with Crippen LogP contribution in [0.3, 0.4) is 0 Å². The lowest BCUT2D eigenvalue weighted by Gasteiger charge is -2.32. The molecular weight excluding hydrogens is 204 g/mol. The van der Waals surface area contributed by atoms with Gasteiger partial charge < -0.3 is 15.3 Å². The minimum atomic E-state index is 0.0603. The van der Waals surface area contributed by atoms with E-state index in [9.17, 15) is 4.79 Å². The smallest absolute Gasteiger partial charge is 0.317 e. The number of piperidine rings is 1. The van der Waals surface area contributed by atoms with Crippen LogP contribution in [0.2, 0.25) is 0 Å². The first-order valence-corrected chi connectivity index (χ1v) is 6.37. The Morgan fingerprint density at radius 3 is 2.38 bits per heavy atom. The average Bonchev–Trinajstić information content (AvgIpc) is 2.35. The maximum Gasteiger partial charge on any atom is 0.317 e. The Morgan fingerprint density at radius 1 is 1.38 bits per heavy atom. The molecule has 2 N–H and O–H groups in total. The summed E-state index contributed by atoms with van der Waals surface area (Å²) in [5.41, 5.74) is 0. The highest BCUT2D eigenvalue weighted by atomic mass is 16.3. The van der Waals surface area contributed by atoms with Crippen molar-refractivity contribution in [3.05, 3.63) is 0 Å². The number of rotatable bonds is 4. The summed E-state index contributed by atoms with van der Waals surface area (Å²) in [7, 11) is 0. The van der Waals surface area contributed by atoms with Crippen molar-refractivity contribution in [2.45, 2.75) is 45.6 Å². The molecule has 4 heteroatoms. The predicted molar refractivity (Wildman–Crippen MR) is 64.3 cm³/mol. The minimum Gasteiger partial charge on any atom is -0.396 e. The molecule has 4 nitrogen and oxygen atoms in total. The van der Waals surface area contributed by atoms with Crippen molar-refractivity contribution in [1.82, 2.24) is 10.2 Å². The molecule has 1 rings (SSSR count). The number of carbonyl (C=O) groups excluding carboxylic acids is 1. The Hall–Kier alpha value is -0.770. The fourth-order valence-electron chi connectivity index (χ4n) is 2.08. The Bertz CT molecular complexity index is 209. The third-order valence-corrected chi connectivity index (χ3v) is 3.47. The summed E-state index contributed by atoms with van der Waals surface area (Å²) in [4.78, 5) is 13.7. The number of aliphatic hydroxyl groups excluding tert-OH is 1. The molecule has 1 aliphatic rings. The summed E-state index contributed by atoms with van der Waals surface area (Å²) in [6, 6.07) is 0.355. The largest absolute Gasteiger partial charge is 0.396 e. The summed E-state index contributed by atoms with van der Waals surface area (Å²) in [6.07, 6.45) is 3.81. The molecule has 1 fully saturated rings. The molecule has 0 saturated carbocycles. The molecule has 2 amide bonds. The van der Waals surface area contributed by atoms with Gasteiger partial charge in [-0.2, -0.15) is 0 Å². The first-order chi connectivity index (χ1) is 7.71. The van der Waals surface area contributed by atoms with E-state index in [1.807, 2.05) is 4.90 Å². The van der Waals surface area contributed by atoms with E-state index in [4.69, 9.17) is 5.11 Å². The zero-order chi connectivity index (χ0) is 12.0. The Balaban J connectivity index is 2.32. The van der Waals surface area contributed by atoms with Crippen molar-refractivity contribution in [2.75, 3.05) is 19.7 Å². The number of likely N-dealkylation sites (tertiary alicyclic amines) is 1. The lowest BCUT2D eigenvalue weighted by Crippen LogP contribution is -2.47. The summed E-state index contributed by atoms with van der Waals surface area (Å²) in [6.45, 7) is 5.98. The standard InChI is InChI=1S/C12H24N2O2/c1-3-11(4-2)13-12(16)14-7-5-10(9-15)6-8-14/h10-11,15H,3-9H2,1-2H3,(H,13,16). The number of nitrogens with one attached hydrogen (secondary N) is 1. The number of urea groups is 1. The molecule has 0 bridgehead atoms. The second kappa shape index (κ2) is 6.74. The third-order valence-electron chi connectivity index (χ3n) is 3.47. The zero-order valence-corrected chi connectivity index (χ0v) is 10.4. The summed E-state index contributed by atoms with van der Waals surface area (Å²) >= 11 is 0. The molecule has 94 valence electrons. The highest BCUT2D eigenvalue weighted by molar-refractivity contribution is 5.74. The van der Waals surface area contributed by atoms with Crippen LogP contribution in [0.4, 0.5) is 4.79 Å². The Morgan fingerprint density at radius 2 is 1.94 bits per heavy atom. The minimum absolute atomic E-state index is 0.0603. The molecule has 16 heavy (non-hydrogen) atoms. The number of nitrogens with zero attached hydrogens (tertiary/aromatic N) is 1. The monoisotopic (exact) mass is 228 g/mol. The maximum atomic E-state index is 11.9. The van der Waals surface area contributed by atoms with Crippen LogP contribution in [0.1, 0.15) is 39.5 Å². The van der Waals surface area contributed by atoms with Gasteiger partial charge in [0, 0.05) is 25.7 Å². The normalized spacial score (nSPS) is 17.9. The van der Waals surface area contributed by atoms with Crippen LogP contribution in [-0.4, -0.2) is 41.8 Å². The molecule has 0 unspecified atom stereocenters. The highest BCUT2D eigenvalue weighted by Crippen LogP contribution is 2.16. The predicted octanol–water partition coefficient (Wildman–Crippen LogP) is 1.59. The molecule has 1 heterocycles. The number of amides is 2. The van der Waals surface area contributed by atoms with Crippen LogP contribution in [0.15, 0.2) is 0 Å². The van der Waals surface area contributed by atoms with E-state index in [0.717, 1.165) is 38.8 Å². The maximum absolute atomic E-state index is 11.9. The summed E-state index contributed by atoms with van der Waals surface area (Å²) < 4.78 is 0. The molecule has 0 radical (unpaired) electrons. The zero-order valence-electron chi connectivity index (χ0n) is 10.4. The lowest BCUT2D eigenvalue weighted by molar-refractivity contribution is 0.135. The van der Waals surface area contributed by atoms with E-state index in [1.54, 1.807) is 0 Å². The van der Waals surface area contributed by atoms with Crippen LogP contribution in [0.5, 0.6) is 0 Å². The van der Waals surface area contributed by atoms with E-state index in [1.165, 1.54) is 0 Å². The second-order valence-electron chi connectivity index (χ2n) is 4.58. The highest BCUT2D eigenvalue weighted by Gasteiger charge is 2.22. The van der Waals surface area contributed by atoms with Gasteiger partial charge in [0.1, 0.15) is 0 Å². The van der Waals surface area contributed by atoms with Crippen molar-refractivity contribution in [3.8, 4) is 0 Å². The number of hydrogen-bond acceptors (Lipinski definition) is 2. The number of hydrogen-bond donors (Lipinski definition) is 2. The van der Waals surface area contributed by atoms with E-state index in [-0.39, 0.29) is 12.6 Å². The van der Waals surface area contributed by atoms with Gasteiger partial charge in [-0.1, -0.05) is 13.8 Å². The summed E-state index contributed by atoms with van der Waals surface area (Å²) in [5, 5.41) is 12.1. The van der Waals surface area contributed by atoms with Crippen LogP contribution in [0.25, 0.3) is 0 Å². The van der Waals surface area contributed by atoms with Gasteiger partial charge in [-0.05, 0) is 31.6 Å². The fraction of sp³-hybridized carbons (Fsp3) is 0.917. The van der Waals surface area contributed by atoms with Crippen LogP contribution in [-0.2, 0) is 0 Å². The molecule has 0 aromatic rings. The van der Waals surface area contributed by atoms with Crippen molar-refractivity contribution >= 4 is 6.03 Å². The average molecular weight is 228 g/mol. The van der Waals surface area contributed by atoms with Gasteiger partial charge >= 0.3 is 6.03 Å². The molecule has 0 atom stereocenters. The topological polar surface area (TPSA) is 52.6 Å². The first kappa shape index (κ1) is 13.3. The molecule has 0 spiro atoms. The van der Waals surface area contributed by atoms with Crippen molar-refractivity contribution in [1.29, 1.82) is 0 Å². The van der Waals surface area contributed by atoms with Crippen LogP contribution >= 0.6 is 0 Å². The molecule has 0 aromatic carbocycles. The van der Waals surface area contributed by atoms with Gasteiger partial charge in [-0.3, -0.25) is 0 Å². The molecule has 0 aromatic heterocycles. The van der Waals surface area contributed by atoms with Crippen LogP contribution < -0.4 is 5.32 Å². The molecule has 0 aliphatic carbocycles. The third kappa shape index (κ3) is 3.67. The lowest BCUT2D eigenvalue weighted by atomic mass is 9.98. The first-order valence-electron chi connectivity index (χ1n) is 6.37. The van der Waals surface area contributed by atoms with Crippen molar-refractivity contribution < 1.29 is 9.90 Å². The van der Waals surface area contributed by atoms with Gasteiger partial charge in [-0.15, -0.1) is 0 Å². The Kier molecular flexibility index (Phi) is 5.60. The van der Waals surface area contributed by atoms with E-state index < -0.39 is 0 Å². The molecular formula is C12H24N2O2. The van der Waals surface area contributed by atoms with Gasteiger partial charge in [0.2, 0.25) is 0 Å². The van der Waals surface area contributed by atoms with Crippen LogP contribution in [0, 0.1) is 5.92 Å². The quantitative estimate of drug-likeness (QED) is 0.767. The van der Waals surface area contributed by atoms with Crippen molar-refractivity contribution in [2.24, 2.45) is 5.92 Å². The fourth-order valence-corrected chi connectivity index (χ4v) is 2.08. The SMILES string of the molecule is CCC(CC)NC(=O)N1CCC(CO)CC1. The number of aliphatic hydroxyl groups is 1. The van der Waals surface area contributed by atoms with Gasteiger partial charge in [0.15, 0.2) is 0 Å². The van der Waals surface area contributed by atoms with Crippen molar-refractivity contribution in [3.63, 3.8) is 0 Å². The van der Waals surface area contributed by atoms with Gasteiger partial charge in [0.05, 0.1) is 0 Å². The van der Waals surface area contributed by atoms with Gasteiger partial charge in [0.25, 0.3) is 0 Å². The van der Waals surface area contributed by atoms with E-state index in [2.05, 4.69) is 19.2 Å². The van der Waals surface area contributed by atoms with Gasteiger partial charge in [-0.25, -0.2) is 4.79 Å².